The van der Waals surface area contributed by atoms with Crippen LogP contribution in [-0.4, -0.2) is 0 Å². The molecule has 0 saturated carbocycles. The first-order valence-corrected chi connectivity index (χ1v) is 15.1. The fourth-order valence-electron chi connectivity index (χ4n) is 6.10. The standard InChI is InChI=1S/C40H27NS/c1-2-15-32(16-3-1)41(37-21-8-6-18-34(37)31-25-24-28-12-4-5-13-29(28)26-31)33-17-10-14-30(27-33)35-20-11-23-39-40(35)36-19-7-9-22-38(36)42-39/h1-27H. The Labute approximate surface area is 249 Å². The first kappa shape index (κ1) is 24.6. The van der Waals surface area contributed by atoms with Crippen molar-refractivity contribution < 1.29 is 0 Å². The average Bonchev–Trinajstić information content (AvgIpc) is 3.45. The van der Waals surface area contributed by atoms with Gasteiger partial charge in [0.25, 0.3) is 0 Å². The molecule has 0 N–H and O–H groups in total. The maximum atomic E-state index is 2.39. The molecule has 0 fully saturated rings. The van der Waals surface area contributed by atoms with E-state index >= 15 is 0 Å². The second-order valence-corrected chi connectivity index (χ2v) is 11.7. The van der Waals surface area contributed by atoms with E-state index in [-0.39, 0.29) is 0 Å². The molecule has 0 aliphatic heterocycles. The van der Waals surface area contributed by atoms with Crippen LogP contribution in [-0.2, 0) is 0 Å². The van der Waals surface area contributed by atoms with Crippen molar-refractivity contribution in [2.45, 2.75) is 0 Å². The van der Waals surface area contributed by atoms with E-state index in [0.717, 1.165) is 17.1 Å². The molecule has 8 aromatic rings. The Morgan fingerprint density at radius 1 is 0.405 bits per heavy atom. The van der Waals surface area contributed by atoms with E-state index in [4.69, 9.17) is 0 Å². The highest BCUT2D eigenvalue weighted by Crippen LogP contribution is 2.44. The number of thiophene rings is 1. The van der Waals surface area contributed by atoms with Gasteiger partial charge >= 0.3 is 0 Å². The molecule has 198 valence electrons. The Kier molecular flexibility index (Phi) is 6.05. The molecule has 0 aliphatic rings. The van der Waals surface area contributed by atoms with E-state index in [0.29, 0.717) is 0 Å². The molecule has 0 unspecified atom stereocenters. The lowest BCUT2D eigenvalue weighted by molar-refractivity contribution is 1.28. The van der Waals surface area contributed by atoms with Gasteiger partial charge in [0.1, 0.15) is 0 Å². The number of hydrogen-bond acceptors (Lipinski definition) is 2. The van der Waals surface area contributed by atoms with Crippen LogP contribution in [0.1, 0.15) is 0 Å². The fourth-order valence-corrected chi connectivity index (χ4v) is 7.23. The first-order valence-electron chi connectivity index (χ1n) is 14.3. The average molecular weight is 554 g/mol. The minimum Gasteiger partial charge on any atom is -0.310 e. The van der Waals surface area contributed by atoms with Gasteiger partial charge in [-0.05, 0) is 76.0 Å². The Balaban J connectivity index is 1.33. The van der Waals surface area contributed by atoms with Gasteiger partial charge in [-0.3, -0.25) is 0 Å². The molecule has 0 saturated heterocycles. The van der Waals surface area contributed by atoms with Crippen LogP contribution in [0.25, 0.3) is 53.2 Å². The fraction of sp³-hybridized carbons (Fsp3) is 0. The minimum absolute atomic E-state index is 1.13. The van der Waals surface area contributed by atoms with Crippen LogP contribution in [0.2, 0.25) is 0 Å². The van der Waals surface area contributed by atoms with Crippen molar-refractivity contribution in [2.75, 3.05) is 4.90 Å². The third kappa shape index (κ3) is 4.25. The topological polar surface area (TPSA) is 3.24 Å². The van der Waals surface area contributed by atoms with Gasteiger partial charge in [0.05, 0.1) is 5.69 Å². The van der Waals surface area contributed by atoms with Crippen LogP contribution in [0.4, 0.5) is 17.1 Å². The molecule has 0 aliphatic carbocycles. The Morgan fingerprint density at radius 2 is 1.07 bits per heavy atom. The van der Waals surface area contributed by atoms with Gasteiger partial charge in [-0.25, -0.2) is 0 Å². The lowest BCUT2D eigenvalue weighted by Crippen LogP contribution is -2.11. The Hall–Kier alpha value is -5.18. The third-order valence-corrected chi connectivity index (χ3v) is 9.17. The summed E-state index contributed by atoms with van der Waals surface area (Å²) in [4.78, 5) is 2.39. The predicted octanol–water partition coefficient (Wildman–Crippen LogP) is 12.0. The molecule has 0 bridgehead atoms. The van der Waals surface area contributed by atoms with Crippen molar-refractivity contribution >= 4 is 59.3 Å². The third-order valence-electron chi connectivity index (χ3n) is 8.04. The minimum atomic E-state index is 1.13. The Bertz CT molecular complexity index is 2210. The van der Waals surface area contributed by atoms with Crippen LogP contribution in [0.5, 0.6) is 0 Å². The zero-order valence-electron chi connectivity index (χ0n) is 22.9. The molecular weight excluding hydrogens is 527 g/mol. The lowest BCUT2D eigenvalue weighted by Gasteiger charge is -2.28. The second kappa shape index (κ2) is 10.3. The van der Waals surface area contributed by atoms with Crippen LogP contribution in [0.15, 0.2) is 164 Å². The maximum absolute atomic E-state index is 2.39. The van der Waals surface area contributed by atoms with Crippen molar-refractivity contribution in [2.24, 2.45) is 0 Å². The van der Waals surface area contributed by atoms with E-state index in [2.05, 4.69) is 169 Å². The number of fused-ring (bicyclic) bond motifs is 4. The number of rotatable bonds is 5. The summed E-state index contributed by atoms with van der Waals surface area (Å²) in [6, 6.07) is 59.2. The number of para-hydroxylation sites is 2. The van der Waals surface area contributed by atoms with Gasteiger partial charge < -0.3 is 4.90 Å². The molecule has 0 radical (unpaired) electrons. The van der Waals surface area contributed by atoms with E-state index < -0.39 is 0 Å². The summed E-state index contributed by atoms with van der Waals surface area (Å²) >= 11 is 1.86. The highest BCUT2D eigenvalue weighted by atomic mass is 32.1. The normalized spacial score (nSPS) is 11.3. The van der Waals surface area contributed by atoms with Crippen LogP contribution in [0.3, 0.4) is 0 Å². The molecule has 0 spiro atoms. The summed E-state index contributed by atoms with van der Waals surface area (Å²) in [6.45, 7) is 0. The van der Waals surface area contributed by atoms with Crippen molar-refractivity contribution in [1.29, 1.82) is 0 Å². The number of anilines is 3. The summed E-state index contributed by atoms with van der Waals surface area (Å²) in [7, 11) is 0. The van der Waals surface area contributed by atoms with E-state index in [1.54, 1.807) is 0 Å². The molecule has 1 heterocycles. The highest BCUT2D eigenvalue weighted by Gasteiger charge is 2.18. The van der Waals surface area contributed by atoms with Gasteiger partial charge in [-0.1, -0.05) is 115 Å². The Morgan fingerprint density at radius 3 is 2.00 bits per heavy atom. The smallest absolute Gasteiger partial charge is 0.0540 e. The van der Waals surface area contributed by atoms with Crippen molar-refractivity contribution in [3.05, 3.63) is 164 Å². The molecule has 0 amide bonds. The summed E-state index contributed by atoms with van der Waals surface area (Å²) in [6.07, 6.45) is 0. The number of nitrogens with zero attached hydrogens (tertiary/aromatic N) is 1. The summed E-state index contributed by atoms with van der Waals surface area (Å²) in [5.74, 6) is 0. The monoisotopic (exact) mass is 553 g/mol. The SMILES string of the molecule is c1ccc(N(c2cccc(-c3cccc4sc5ccccc5c34)c2)c2ccccc2-c2ccc3ccccc3c2)cc1. The molecule has 42 heavy (non-hydrogen) atoms. The van der Waals surface area contributed by atoms with Gasteiger partial charge in [0, 0.05) is 37.1 Å². The first-order chi connectivity index (χ1) is 20.8. The maximum Gasteiger partial charge on any atom is 0.0540 e. The molecular formula is C40H27NS. The van der Waals surface area contributed by atoms with Crippen LogP contribution in [0, 0.1) is 0 Å². The van der Waals surface area contributed by atoms with E-state index in [1.165, 1.54) is 53.2 Å². The van der Waals surface area contributed by atoms with Crippen LogP contribution < -0.4 is 4.90 Å². The molecule has 7 aromatic carbocycles. The van der Waals surface area contributed by atoms with Crippen molar-refractivity contribution in [3.8, 4) is 22.3 Å². The molecule has 2 heteroatoms. The molecule has 0 atom stereocenters. The van der Waals surface area contributed by atoms with Crippen molar-refractivity contribution in [3.63, 3.8) is 0 Å². The number of hydrogen-bond donors (Lipinski definition) is 0. The summed E-state index contributed by atoms with van der Waals surface area (Å²) in [5, 5.41) is 5.15. The molecule has 1 aromatic heterocycles. The second-order valence-electron chi connectivity index (χ2n) is 10.6. The summed E-state index contributed by atoms with van der Waals surface area (Å²) < 4.78 is 2.65. The van der Waals surface area contributed by atoms with Crippen LogP contribution >= 0.6 is 11.3 Å². The molecule has 1 nitrogen and oxygen atoms in total. The van der Waals surface area contributed by atoms with Gasteiger partial charge in [0.2, 0.25) is 0 Å². The zero-order chi connectivity index (χ0) is 27.9. The quantitative estimate of drug-likeness (QED) is 0.205. The number of benzene rings is 7. The zero-order valence-corrected chi connectivity index (χ0v) is 23.8. The van der Waals surface area contributed by atoms with E-state index in [1.807, 2.05) is 11.3 Å². The van der Waals surface area contributed by atoms with Gasteiger partial charge in [-0.15, -0.1) is 11.3 Å². The van der Waals surface area contributed by atoms with Crippen molar-refractivity contribution in [1.82, 2.24) is 0 Å². The van der Waals surface area contributed by atoms with Gasteiger partial charge in [-0.2, -0.15) is 0 Å². The predicted molar refractivity (Wildman–Crippen MR) is 182 cm³/mol. The van der Waals surface area contributed by atoms with Gasteiger partial charge in [0.15, 0.2) is 0 Å². The van der Waals surface area contributed by atoms with E-state index in [9.17, 15) is 0 Å². The highest BCUT2D eigenvalue weighted by molar-refractivity contribution is 7.25. The molecule has 8 rings (SSSR count). The summed E-state index contributed by atoms with van der Waals surface area (Å²) in [5.41, 5.74) is 8.29. The lowest BCUT2D eigenvalue weighted by atomic mass is 9.97. The largest absolute Gasteiger partial charge is 0.310 e.